The number of aryl methyl sites for hydroxylation is 1. The van der Waals surface area contributed by atoms with Crippen molar-refractivity contribution in [3.05, 3.63) is 40.2 Å². The third kappa shape index (κ3) is 2.23. The number of ether oxygens (including phenoxy) is 1. The molecule has 0 radical (unpaired) electrons. The zero-order chi connectivity index (χ0) is 13.1. The lowest BCUT2D eigenvalue weighted by molar-refractivity contribution is -0.383. The molecule has 0 bridgehead atoms. The van der Waals surface area contributed by atoms with E-state index in [1.165, 1.54) is 12.3 Å². The summed E-state index contributed by atoms with van der Waals surface area (Å²) in [5.41, 5.74) is 6.19. The van der Waals surface area contributed by atoms with E-state index in [0.29, 0.717) is 29.7 Å². The van der Waals surface area contributed by atoms with Crippen LogP contribution in [0.25, 0.3) is 10.8 Å². The second-order valence-electron chi connectivity index (χ2n) is 3.85. The van der Waals surface area contributed by atoms with Crippen molar-refractivity contribution in [2.45, 2.75) is 6.92 Å². The molecule has 1 aromatic carbocycles. The third-order valence-electron chi connectivity index (χ3n) is 2.55. The van der Waals surface area contributed by atoms with Crippen molar-refractivity contribution in [1.29, 1.82) is 0 Å². The predicted octanol–water partition coefficient (Wildman–Crippen LogP) is 1.79. The molecule has 0 atom stereocenters. The van der Waals surface area contributed by atoms with Crippen molar-refractivity contribution in [2.75, 3.05) is 13.2 Å². The molecule has 94 valence electrons. The van der Waals surface area contributed by atoms with E-state index in [1.54, 1.807) is 12.1 Å². The Hall–Kier alpha value is -2.21. The number of rotatable bonds is 4. The molecule has 0 unspecified atom stereocenters. The van der Waals surface area contributed by atoms with E-state index in [-0.39, 0.29) is 5.69 Å². The van der Waals surface area contributed by atoms with Crippen LogP contribution in [0.5, 0.6) is 5.75 Å². The summed E-state index contributed by atoms with van der Waals surface area (Å²) in [6.07, 6.45) is 1.50. The van der Waals surface area contributed by atoms with Gasteiger partial charge in [0, 0.05) is 29.9 Å². The number of aromatic nitrogens is 1. The molecule has 6 heteroatoms. The smallest absolute Gasteiger partial charge is 0.279 e. The monoisotopic (exact) mass is 247 g/mol. The molecule has 0 aliphatic heterocycles. The van der Waals surface area contributed by atoms with Crippen LogP contribution in [0.2, 0.25) is 0 Å². The number of nitro groups is 1. The number of nitrogens with zero attached hydrogens (tertiary/aromatic N) is 2. The van der Waals surface area contributed by atoms with Crippen molar-refractivity contribution < 1.29 is 9.66 Å². The molecule has 2 aromatic rings. The molecule has 0 saturated heterocycles. The Morgan fingerprint density at radius 2 is 2.22 bits per heavy atom. The minimum Gasteiger partial charge on any atom is -0.492 e. The van der Waals surface area contributed by atoms with Gasteiger partial charge in [-0.15, -0.1) is 0 Å². The number of nitrogens with two attached hydrogens (primary N) is 1. The van der Waals surface area contributed by atoms with Gasteiger partial charge in [0.15, 0.2) is 0 Å². The van der Waals surface area contributed by atoms with E-state index in [4.69, 9.17) is 10.5 Å². The molecule has 2 N–H and O–H groups in total. The zero-order valence-corrected chi connectivity index (χ0v) is 9.92. The fourth-order valence-corrected chi connectivity index (χ4v) is 1.76. The number of hydrogen-bond acceptors (Lipinski definition) is 5. The maximum Gasteiger partial charge on any atom is 0.279 e. The first kappa shape index (κ1) is 12.3. The number of non-ortho nitro benzene ring substituents is 1. The summed E-state index contributed by atoms with van der Waals surface area (Å²) in [6.45, 7) is 2.59. The minimum atomic E-state index is -0.425. The third-order valence-corrected chi connectivity index (χ3v) is 2.55. The van der Waals surface area contributed by atoms with Crippen LogP contribution in [0.1, 0.15) is 5.69 Å². The summed E-state index contributed by atoms with van der Waals surface area (Å²) >= 11 is 0. The molecular weight excluding hydrogens is 234 g/mol. The van der Waals surface area contributed by atoms with Gasteiger partial charge in [0.2, 0.25) is 0 Å². The standard InChI is InChI=1S/C12H13N3O3/c1-8-6-9-10(7-14-8)11(15(16)17)2-3-12(9)18-5-4-13/h2-3,6-7H,4-5,13H2,1H3. The first-order valence-corrected chi connectivity index (χ1v) is 5.50. The number of pyridine rings is 1. The second-order valence-corrected chi connectivity index (χ2v) is 3.85. The van der Waals surface area contributed by atoms with E-state index < -0.39 is 4.92 Å². The lowest BCUT2D eigenvalue weighted by Crippen LogP contribution is -2.10. The van der Waals surface area contributed by atoms with Crippen LogP contribution >= 0.6 is 0 Å². The molecule has 0 spiro atoms. The van der Waals surface area contributed by atoms with Gasteiger partial charge < -0.3 is 10.5 Å². The van der Waals surface area contributed by atoms with Crippen LogP contribution in [0, 0.1) is 17.0 Å². The van der Waals surface area contributed by atoms with E-state index in [1.807, 2.05) is 6.92 Å². The quantitative estimate of drug-likeness (QED) is 0.656. The number of hydrogen-bond donors (Lipinski definition) is 1. The molecule has 1 heterocycles. The number of nitro benzene ring substituents is 1. The highest BCUT2D eigenvalue weighted by molar-refractivity contribution is 5.95. The van der Waals surface area contributed by atoms with E-state index in [2.05, 4.69) is 4.98 Å². The number of benzene rings is 1. The van der Waals surface area contributed by atoms with Gasteiger partial charge in [-0.1, -0.05) is 0 Å². The highest BCUT2D eigenvalue weighted by Gasteiger charge is 2.15. The zero-order valence-electron chi connectivity index (χ0n) is 9.92. The summed E-state index contributed by atoms with van der Waals surface area (Å²) in [4.78, 5) is 14.6. The van der Waals surface area contributed by atoms with Crippen LogP contribution in [0.4, 0.5) is 5.69 Å². The maximum atomic E-state index is 10.9. The summed E-state index contributed by atoms with van der Waals surface area (Å²) in [7, 11) is 0. The average Bonchev–Trinajstić information content (AvgIpc) is 2.35. The Balaban J connectivity index is 2.63. The average molecular weight is 247 g/mol. The van der Waals surface area contributed by atoms with Crippen LogP contribution in [0.15, 0.2) is 24.4 Å². The van der Waals surface area contributed by atoms with Gasteiger partial charge in [0.1, 0.15) is 12.4 Å². The molecule has 18 heavy (non-hydrogen) atoms. The fourth-order valence-electron chi connectivity index (χ4n) is 1.76. The summed E-state index contributed by atoms with van der Waals surface area (Å²) in [6, 6.07) is 4.79. The topological polar surface area (TPSA) is 91.3 Å². The van der Waals surface area contributed by atoms with Gasteiger partial charge >= 0.3 is 0 Å². The predicted molar refractivity (Wildman–Crippen MR) is 67.7 cm³/mol. The molecule has 6 nitrogen and oxygen atoms in total. The Morgan fingerprint density at radius 3 is 2.89 bits per heavy atom. The Morgan fingerprint density at radius 1 is 1.44 bits per heavy atom. The highest BCUT2D eigenvalue weighted by atomic mass is 16.6. The molecule has 0 fully saturated rings. The van der Waals surface area contributed by atoms with Crippen molar-refractivity contribution in [3.63, 3.8) is 0 Å². The molecule has 2 rings (SSSR count). The van der Waals surface area contributed by atoms with Crippen molar-refractivity contribution >= 4 is 16.5 Å². The van der Waals surface area contributed by atoms with E-state index in [9.17, 15) is 10.1 Å². The van der Waals surface area contributed by atoms with Gasteiger partial charge in [-0.3, -0.25) is 15.1 Å². The van der Waals surface area contributed by atoms with Crippen molar-refractivity contribution in [1.82, 2.24) is 4.98 Å². The summed E-state index contributed by atoms with van der Waals surface area (Å²) < 4.78 is 5.48. The Bertz CT molecular complexity index is 598. The highest BCUT2D eigenvalue weighted by Crippen LogP contribution is 2.32. The van der Waals surface area contributed by atoms with Gasteiger partial charge in [-0.05, 0) is 19.1 Å². The Labute approximate surface area is 104 Å². The SMILES string of the molecule is Cc1cc2c(OCCN)ccc([N+](=O)[O-])c2cn1. The molecular formula is C12H13N3O3. The van der Waals surface area contributed by atoms with Crippen molar-refractivity contribution in [2.24, 2.45) is 5.73 Å². The van der Waals surface area contributed by atoms with Gasteiger partial charge in [-0.25, -0.2) is 0 Å². The molecule has 1 aromatic heterocycles. The van der Waals surface area contributed by atoms with Crippen molar-refractivity contribution in [3.8, 4) is 5.75 Å². The second kappa shape index (κ2) is 4.97. The lowest BCUT2D eigenvalue weighted by Gasteiger charge is -2.09. The maximum absolute atomic E-state index is 10.9. The van der Waals surface area contributed by atoms with Gasteiger partial charge in [-0.2, -0.15) is 0 Å². The van der Waals surface area contributed by atoms with Crippen LogP contribution in [0.3, 0.4) is 0 Å². The summed E-state index contributed by atoms with van der Waals surface area (Å²) in [5.74, 6) is 0.589. The molecule has 0 aliphatic rings. The van der Waals surface area contributed by atoms with Crippen LogP contribution < -0.4 is 10.5 Å². The Kier molecular flexibility index (Phi) is 3.38. The molecule has 0 aliphatic carbocycles. The molecule has 0 saturated carbocycles. The summed E-state index contributed by atoms with van der Waals surface area (Å²) in [5, 5.41) is 12.1. The molecule has 0 amide bonds. The fraction of sp³-hybridized carbons (Fsp3) is 0.250. The van der Waals surface area contributed by atoms with E-state index >= 15 is 0 Å². The van der Waals surface area contributed by atoms with Crippen LogP contribution in [-0.4, -0.2) is 23.1 Å². The first-order valence-electron chi connectivity index (χ1n) is 5.50. The largest absolute Gasteiger partial charge is 0.492 e. The first-order chi connectivity index (χ1) is 8.63. The lowest BCUT2D eigenvalue weighted by atomic mass is 10.1. The van der Waals surface area contributed by atoms with Crippen LogP contribution in [-0.2, 0) is 0 Å². The van der Waals surface area contributed by atoms with Gasteiger partial charge in [0.25, 0.3) is 5.69 Å². The minimum absolute atomic E-state index is 0.0256. The van der Waals surface area contributed by atoms with E-state index in [0.717, 1.165) is 5.69 Å². The van der Waals surface area contributed by atoms with Gasteiger partial charge in [0.05, 0.1) is 10.3 Å². The normalized spacial score (nSPS) is 10.6. The number of fused-ring (bicyclic) bond motifs is 1.